The second kappa shape index (κ2) is 5.04. The Morgan fingerprint density at radius 1 is 1.11 bits per heavy atom. The third-order valence-electron chi connectivity index (χ3n) is 2.88. The van der Waals surface area contributed by atoms with Gasteiger partial charge in [0.15, 0.2) is 0 Å². The average molecular weight is 275 g/mol. The standard InChI is InChI=1S/C14H11ClN2S/c15-12(10-4-2-1-3-5-10)8-13-11-6-7-18-14(11)17-9-16-13/h1-7,9,12H,8H2. The maximum absolute atomic E-state index is 6.45. The van der Waals surface area contributed by atoms with Crippen LogP contribution >= 0.6 is 22.9 Å². The van der Waals surface area contributed by atoms with Crippen molar-refractivity contribution in [2.75, 3.05) is 0 Å². The predicted molar refractivity (Wildman–Crippen MR) is 76.2 cm³/mol. The monoisotopic (exact) mass is 274 g/mol. The van der Waals surface area contributed by atoms with Gasteiger partial charge in [0.05, 0.1) is 11.1 Å². The van der Waals surface area contributed by atoms with Crippen LogP contribution in [0.3, 0.4) is 0 Å². The van der Waals surface area contributed by atoms with E-state index in [2.05, 4.69) is 16.0 Å². The van der Waals surface area contributed by atoms with E-state index in [1.807, 2.05) is 35.7 Å². The van der Waals surface area contributed by atoms with Crippen molar-refractivity contribution in [3.63, 3.8) is 0 Å². The minimum absolute atomic E-state index is 0.0517. The van der Waals surface area contributed by atoms with Crippen molar-refractivity contribution in [2.24, 2.45) is 0 Å². The molecule has 0 fully saturated rings. The largest absolute Gasteiger partial charge is 0.241 e. The van der Waals surface area contributed by atoms with Crippen LogP contribution in [-0.4, -0.2) is 9.97 Å². The highest BCUT2D eigenvalue weighted by molar-refractivity contribution is 7.16. The minimum Gasteiger partial charge on any atom is -0.241 e. The zero-order valence-electron chi connectivity index (χ0n) is 9.58. The van der Waals surface area contributed by atoms with Crippen LogP contribution in [0.25, 0.3) is 10.2 Å². The number of nitrogens with zero attached hydrogens (tertiary/aromatic N) is 2. The van der Waals surface area contributed by atoms with E-state index in [0.29, 0.717) is 0 Å². The molecule has 18 heavy (non-hydrogen) atoms. The first-order valence-corrected chi connectivity index (χ1v) is 7.02. The quantitative estimate of drug-likeness (QED) is 0.669. The molecule has 3 rings (SSSR count). The molecule has 0 aliphatic rings. The first-order chi connectivity index (χ1) is 8.84. The van der Waals surface area contributed by atoms with Gasteiger partial charge in [0.1, 0.15) is 11.2 Å². The molecule has 0 saturated heterocycles. The normalized spacial score (nSPS) is 12.7. The van der Waals surface area contributed by atoms with Crippen molar-refractivity contribution in [3.05, 3.63) is 59.4 Å². The third kappa shape index (κ3) is 2.24. The van der Waals surface area contributed by atoms with E-state index < -0.39 is 0 Å². The van der Waals surface area contributed by atoms with Gasteiger partial charge >= 0.3 is 0 Å². The fourth-order valence-corrected chi connectivity index (χ4v) is 3.00. The van der Waals surface area contributed by atoms with Gasteiger partial charge in [-0.05, 0) is 17.0 Å². The van der Waals surface area contributed by atoms with E-state index in [1.54, 1.807) is 17.7 Å². The summed E-state index contributed by atoms with van der Waals surface area (Å²) in [6.07, 6.45) is 2.34. The van der Waals surface area contributed by atoms with Gasteiger partial charge in [0.25, 0.3) is 0 Å². The van der Waals surface area contributed by atoms with Crippen LogP contribution in [0.2, 0.25) is 0 Å². The van der Waals surface area contributed by atoms with Crippen LogP contribution in [0.1, 0.15) is 16.6 Å². The summed E-state index contributed by atoms with van der Waals surface area (Å²) in [6, 6.07) is 12.2. The Morgan fingerprint density at radius 3 is 2.78 bits per heavy atom. The Bertz CT molecular complexity index is 651. The molecule has 0 bridgehead atoms. The van der Waals surface area contributed by atoms with Gasteiger partial charge in [0.2, 0.25) is 0 Å². The average Bonchev–Trinajstić information content (AvgIpc) is 2.89. The van der Waals surface area contributed by atoms with Crippen molar-refractivity contribution < 1.29 is 0 Å². The van der Waals surface area contributed by atoms with Crippen LogP contribution < -0.4 is 0 Å². The van der Waals surface area contributed by atoms with Crippen molar-refractivity contribution >= 4 is 33.2 Å². The molecule has 0 aliphatic carbocycles. The molecule has 1 unspecified atom stereocenters. The van der Waals surface area contributed by atoms with Crippen molar-refractivity contribution in [2.45, 2.75) is 11.8 Å². The molecule has 0 N–H and O–H groups in total. The molecule has 0 amide bonds. The molecular formula is C14H11ClN2S. The number of fused-ring (bicyclic) bond motifs is 1. The fraction of sp³-hybridized carbons (Fsp3) is 0.143. The maximum atomic E-state index is 6.45. The van der Waals surface area contributed by atoms with Crippen LogP contribution in [0.15, 0.2) is 48.1 Å². The Hall–Kier alpha value is -1.45. The fourth-order valence-electron chi connectivity index (χ4n) is 1.95. The minimum atomic E-state index is -0.0517. The van der Waals surface area contributed by atoms with Gasteiger partial charge in [-0.15, -0.1) is 22.9 Å². The molecule has 1 aromatic carbocycles. The highest BCUT2D eigenvalue weighted by Gasteiger charge is 2.12. The van der Waals surface area contributed by atoms with E-state index in [-0.39, 0.29) is 5.38 Å². The summed E-state index contributed by atoms with van der Waals surface area (Å²) >= 11 is 8.08. The van der Waals surface area contributed by atoms with Crippen molar-refractivity contribution in [1.82, 2.24) is 9.97 Å². The Labute approximate surface area is 114 Å². The van der Waals surface area contributed by atoms with Crippen molar-refractivity contribution in [3.8, 4) is 0 Å². The van der Waals surface area contributed by atoms with Crippen molar-refractivity contribution in [1.29, 1.82) is 0 Å². The molecule has 1 atom stereocenters. The number of benzene rings is 1. The summed E-state index contributed by atoms with van der Waals surface area (Å²) in [7, 11) is 0. The molecule has 90 valence electrons. The molecule has 0 aliphatic heterocycles. The Kier molecular flexibility index (Phi) is 3.26. The zero-order valence-corrected chi connectivity index (χ0v) is 11.2. The molecule has 2 heterocycles. The number of halogens is 1. The number of hydrogen-bond donors (Lipinski definition) is 0. The van der Waals surface area contributed by atoms with Gasteiger partial charge in [-0.25, -0.2) is 9.97 Å². The summed E-state index contributed by atoms with van der Waals surface area (Å²) in [4.78, 5) is 9.63. The molecule has 3 aromatic rings. The predicted octanol–water partition coefficient (Wildman–Crippen LogP) is 4.21. The lowest BCUT2D eigenvalue weighted by Crippen LogP contribution is -1.99. The van der Waals surface area contributed by atoms with Gasteiger partial charge < -0.3 is 0 Å². The number of alkyl halides is 1. The molecular weight excluding hydrogens is 264 g/mol. The van der Waals surface area contributed by atoms with Crippen LogP contribution in [0, 0.1) is 0 Å². The SMILES string of the molecule is ClC(Cc1ncnc2sccc12)c1ccccc1. The van der Waals surface area contributed by atoms with E-state index >= 15 is 0 Å². The van der Waals surface area contributed by atoms with Gasteiger partial charge in [-0.1, -0.05) is 30.3 Å². The Balaban J connectivity index is 1.91. The summed E-state index contributed by atoms with van der Waals surface area (Å²) in [5, 5.41) is 3.10. The topological polar surface area (TPSA) is 25.8 Å². The Morgan fingerprint density at radius 2 is 1.94 bits per heavy atom. The van der Waals surface area contributed by atoms with Gasteiger partial charge in [-0.3, -0.25) is 0 Å². The maximum Gasteiger partial charge on any atom is 0.126 e. The lowest BCUT2D eigenvalue weighted by atomic mass is 10.1. The second-order valence-electron chi connectivity index (χ2n) is 4.04. The smallest absolute Gasteiger partial charge is 0.126 e. The zero-order chi connectivity index (χ0) is 12.4. The van der Waals surface area contributed by atoms with Crippen LogP contribution in [-0.2, 0) is 6.42 Å². The number of hydrogen-bond acceptors (Lipinski definition) is 3. The molecule has 2 nitrogen and oxygen atoms in total. The van der Waals surface area contributed by atoms with E-state index in [4.69, 9.17) is 11.6 Å². The number of thiophene rings is 1. The molecule has 0 radical (unpaired) electrons. The first kappa shape index (κ1) is 11.6. The number of aromatic nitrogens is 2. The summed E-state index contributed by atoms with van der Waals surface area (Å²) in [5.74, 6) is 0. The number of rotatable bonds is 3. The summed E-state index contributed by atoms with van der Waals surface area (Å²) in [6.45, 7) is 0. The summed E-state index contributed by atoms with van der Waals surface area (Å²) in [5.41, 5.74) is 2.14. The molecule has 0 saturated carbocycles. The van der Waals surface area contributed by atoms with E-state index in [0.717, 1.165) is 27.9 Å². The highest BCUT2D eigenvalue weighted by atomic mass is 35.5. The van der Waals surface area contributed by atoms with Crippen LogP contribution in [0.4, 0.5) is 0 Å². The summed E-state index contributed by atoms with van der Waals surface area (Å²) < 4.78 is 0. The molecule has 2 aromatic heterocycles. The van der Waals surface area contributed by atoms with Gasteiger partial charge in [-0.2, -0.15) is 0 Å². The van der Waals surface area contributed by atoms with Crippen LogP contribution in [0.5, 0.6) is 0 Å². The molecule has 0 spiro atoms. The lowest BCUT2D eigenvalue weighted by molar-refractivity contribution is 0.886. The lowest BCUT2D eigenvalue weighted by Gasteiger charge is -2.09. The molecule has 4 heteroatoms. The second-order valence-corrected chi connectivity index (χ2v) is 5.46. The third-order valence-corrected chi connectivity index (χ3v) is 4.11. The van der Waals surface area contributed by atoms with E-state index in [9.17, 15) is 0 Å². The highest BCUT2D eigenvalue weighted by Crippen LogP contribution is 2.28. The van der Waals surface area contributed by atoms with E-state index in [1.165, 1.54) is 0 Å². The first-order valence-electron chi connectivity index (χ1n) is 5.70. The van der Waals surface area contributed by atoms with Gasteiger partial charge in [0, 0.05) is 11.8 Å².